The summed E-state index contributed by atoms with van der Waals surface area (Å²) < 4.78 is 1.80. The minimum Gasteiger partial charge on any atom is -0.369 e. The minimum absolute atomic E-state index is 0.124. The highest BCUT2D eigenvalue weighted by atomic mass is 16.1. The lowest BCUT2D eigenvalue weighted by Crippen LogP contribution is -2.30. The number of fused-ring (bicyclic) bond motifs is 1. The highest BCUT2D eigenvalue weighted by Crippen LogP contribution is 2.26. The number of rotatable bonds is 3. The van der Waals surface area contributed by atoms with Crippen molar-refractivity contribution in [2.45, 2.75) is 39.2 Å². The number of H-pyrrole nitrogens is 1. The van der Waals surface area contributed by atoms with Gasteiger partial charge in [-0.05, 0) is 19.8 Å². The van der Waals surface area contributed by atoms with Gasteiger partial charge in [0, 0.05) is 0 Å². The van der Waals surface area contributed by atoms with Gasteiger partial charge < -0.3 is 5.73 Å². The van der Waals surface area contributed by atoms with E-state index in [1.807, 2.05) is 0 Å². The zero-order chi connectivity index (χ0) is 12.6. The normalized spacial score (nSPS) is 12.2. The zero-order valence-corrected chi connectivity index (χ0v) is 10.3. The third kappa shape index (κ3) is 1.69. The van der Waals surface area contributed by atoms with E-state index in [2.05, 4.69) is 35.8 Å². The van der Waals surface area contributed by atoms with Crippen molar-refractivity contribution in [2.24, 2.45) is 0 Å². The summed E-state index contributed by atoms with van der Waals surface area (Å²) in [5, 5.41) is 4.77. The maximum absolute atomic E-state index is 11.7. The van der Waals surface area contributed by atoms with Gasteiger partial charge in [0.15, 0.2) is 5.65 Å². The van der Waals surface area contributed by atoms with Gasteiger partial charge in [-0.25, -0.2) is 4.68 Å². The van der Waals surface area contributed by atoms with Crippen molar-refractivity contribution in [2.75, 3.05) is 5.73 Å². The lowest BCUT2D eigenvalue weighted by atomic mass is 9.96. The predicted molar refractivity (Wildman–Crippen MR) is 66.8 cm³/mol. The SMILES string of the molecule is CCC(C)(CC)n1ncc2c(=O)[nH]c(N)nc21. The van der Waals surface area contributed by atoms with Crippen LogP contribution in [0.4, 0.5) is 5.95 Å². The molecule has 2 heterocycles. The Balaban J connectivity index is 2.76. The molecule has 0 atom stereocenters. The van der Waals surface area contributed by atoms with Gasteiger partial charge in [-0.2, -0.15) is 10.1 Å². The number of aromatic nitrogens is 4. The molecule has 0 spiro atoms. The van der Waals surface area contributed by atoms with E-state index in [0.717, 1.165) is 12.8 Å². The van der Waals surface area contributed by atoms with Crippen molar-refractivity contribution in [3.63, 3.8) is 0 Å². The second-order valence-electron chi connectivity index (χ2n) is 4.45. The quantitative estimate of drug-likeness (QED) is 0.837. The fourth-order valence-electron chi connectivity index (χ4n) is 1.88. The summed E-state index contributed by atoms with van der Waals surface area (Å²) in [7, 11) is 0. The Morgan fingerprint density at radius 1 is 1.47 bits per heavy atom. The summed E-state index contributed by atoms with van der Waals surface area (Å²) in [6.07, 6.45) is 3.37. The van der Waals surface area contributed by atoms with E-state index in [0.29, 0.717) is 11.0 Å². The van der Waals surface area contributed by atoms with Gasteiger partial charge in [-0.15, -0.1) is 0 Å². The first-order valence-corrected chi connectivity index (χ1v) is 5.76. The summed E-state index contributed by atoms with van der Waals surface area (Å²) in [4.78, 5) is 18.3. The topological polar surface area (TPSA) is 89.6 Å². The number of nitrogens with zero attached hydrogens (tertiary/aromatic N) is 3. The van der Waals surface area contributed by atoms with Crippen molar-refractivity contribution in [3.8, 4) is 0 Å². The Hall–Kier alpha value is -1.85. The Morgan fingerprint density at radius 2 is 2.12 bits per heavy atom. The first-order valence-electron chi connectivity index (χ1n) is 5.76. The first kappa shape index (κ1) is 11.6. The maximum Gasteiger partial charge on any atom is 0.263 e. The van der Waals surface area contributed by atoms with Crippen LogP contribution in [0.15, 0.2) is 11.0 Å². The van der Waals surface area contributed by atoms with Crippen molar-refractivity contribution >= 4 is 17.0 Å². The van der Waals surface area contributed by atoms with E-state index in [-0.39, 0.29) is 17.0 Å². The molecule has 0 amide bonds. The molecule has 0 aliphatic carbocycles. The van der Waals surface area contributed by atoms with Gasteiger partial charge in [0.2, 0.25) is 5.95 Å². The fraction of sp³-hybridized carbons (Fsp3) is 0.545. The van der Waals surface area contributed by atoms with Crippen LogP contribution in [0.2, 0.25) is 0 Å². The van der Waals surface area contributed by atoms with Crippen LogP contribution in [-0.2, 0) is 5.54 Å². The van der Waals surface area contributed by atoms with Crippen LogP contribution in [0.25, 0.3) is 11.0 Å². The number of nitrogen functional groups attached to an aromatic ring is 1. The van der Waals surface area contributed by atoms with Gasteiger partial charge in [0.1, 0.15) is 5.39 Å². The molecular weight excluding hydrogens is 218 g/mol. The molecule has 92 valence electrons. The van der Waals surface area contributed by atoms with E-state index in [4.69, 9.17) is 5.73 Å². The molecule has 0 unspecified atom stereocenters. The number of hydrogen-bond donors (Lipinski definition) is 2. The van der Waals surface area contributed by atoms with Crippen LogP contribution in [0, 0.1) is 0 Å². The number of nitrogens with two attached hydrogens (primary N) is 1. The van der Waals surface area contributed by atoms with E-state index in [1.54, 1.807) is 10.9 Å². The molecule has 0 fully saturated rings. The molecule has 3 N–H and O–H groups in total. The molecule has 0 aromatic carbocycles. The van der Waals surface area contributed by atoms with E-state index < -0.39 is 0 Å². The van der Waals surface area contributed by atoms with Crippen LogP contribution in [0.1, 0.15) is 33.6 Å². The molecule has 0 aliphatic rings. The predicted octanol–water partition coefficient (Wildman–Crippen LogP) is 1.24. The Kier molecular flexibility index (Phi) is 2.65. The minimum atomic E-state index is -0.242. The van der Waals surface area contributed by atoms with Crippen molar-refractivity contribution in [1.82, 2.24) is 19.7 Å². The molecule has 0 saturated heterocycles. The van der Waals surface area contributed by atoms with Gasteiger partial charge >= 0.3 is 0 Å². The van der Waals surface area contributed by atoms with E-state index >= 15 is 0 Å². The van der Waals surface area contributed by atoms with Crippen LogP contribution < -0.4 is 11.3 Å². The molecule has 6 nitrogen and oxygen atoms in total. The average Bonchev–Trinajstić information content (AvgIpc) is 2.72. The fourth-order valence-corrected chi connectivity index (χ4v) is 1.88. The molecular formula is C11H17N5O. The summed E-state index contributed by atoms with van der Waals surface area (Å²) in [5.41, 5.74) is 5.74. The molecule has 2 rings (SSSR count). The molecule has 17 heavy (non-hydrogen) atoms. The number of aromatic amines is 1. The highest BCUT2D eigenvalue weighted by Gasteiger charge is 2.26. The maximum atomic E-state index is 11.7. The smallest absolute Gasteiger partial charge is 0.263 e. The molecule has 0 saturated carbocycles. The molecule has 6 heteroatoms. The first-order chi connectivity index (χ1) is 8.01. The van der Waals surface area contributed by atoms with Crippen LogP contribution in [-0.4, -0.2) is 19.7 Å². The summed E-state index contributed by atoms with van der Waals surface area (Å²) in [6, 6.07) is 0. The van der Waals surface area contributed by atoms with Crippen molar-refractivity contribution < 1.29 is 0 Å². The summed E-state index contributed by atoms with van der Waals surface area (Å²) in [6.45, 7) is 6.28. The highest BCUT2D eigenvalue weighted by molar-refractivity contribution is 5.74. The molecule has 0 bridgehead atoms. The van der Waals surface area contributed by atoms with Gasteiger partial charge in [0.25, 0.3) is 5.56 Å². The largest absolute Gasteiger partial charge is 0.369 e. The number of nitrogens with one attached hydrogen (secondary N) is 1. The lowest BCUT2D eigenvalue weighted by molar-refractivity contribution is 0.272. The van der Waals surface area contributed by atoms with Gasteiger partial charge in [-0.3, -0.25) is 9.78 Å². The molecule has 0 aliphatic heterocycles. The Bertz CT molecular complexity index is 593. The molecule has 0 radical (unpaired) electrons. The van der Waals surface area contributed by atoms with Crippen molar-refractivity contribution in [1.29, 1.82) is 0 Å². The van der Waals surface area contributed by atoms with Gasteiger partial charge in [0.05, 0.1) is 11.7 Å². The summed E-state index contributed by atoms with van der Waals surface area (Å²) in [5.74, 6) is 0.124. The van der Waals surface area contributed by atoms with Crippen molar-refractivity contribution in [3.05, 3.63) is 16.6 Å². The Labute approximate surface area is 98.9 Å². The van der Waals surface area contributed by atoms with Gasteiger partial charge in [-0.1, -0.05) is 13.8 Å². The van der Waals surface area contributed by atoms with Crippen LogP contribution in [0.3, 0.4) is 0 Å². The monoisotopic (exact) mass is 235 g/mol. The Morgan fingerprint density at radius 3 is 2.71 bits per heavy atom. The van der Waals surface area contributed by atoms with E-state index in [9.17, 15) is 4.79 Å². The number of anilines is 1. The third-order valence-corrected chi connectivity index (χ3v) is 3.49. The lowest BCUT2D eigenvalue weighted by Gasteiger charge is -2.27. The number of hydrogen-bond acceptors (Lipinski definition) is 4. The third-order valence-electron chi connectivity index (χ3n) is 3.49. The van der Waals surface area contributed by atoms with Crippen LogP contribution in [0.5, 0.6) is 0 Å². The van der Waals surface area contributed by atoms with E-state index in [1.165, 1.54) is 0 Å². The zero-order valence-electron chi connectivity index (χ0n) is 10.3. The second kappa shape index (κ2) is 3.87. The average molecular weight is 235 g/mol. The molecule has 2 aromatic heterocycles. The molecule has 2 aromatic rings. The standard InChI is InChI=1S/C11H17N5O/c1-4-11(3,5-2)16-8-7(6-13-16)9(17)15-10(12)14-8/h6H,4-5H2,1-3H3,(H3,12,14,15,17). The second-order valence-corrected chi connectivity index (χ2v) is 4.45. The summed E-state index contributed by atoms with van der Waals surface area (Å²) >= 11 is 0. The van der Waals surface area contributed by atoms with Crippen LogP contribution >= 0.6 is 0 Å².